The van der Waals surface area contributed by atoms with E-state index in [1.54, 1.807) is 44.3 Å². The number of hydrogen-bond acceptors (Lipinski definition) is 7. The summed E-state index contributed by atoms with van der Waals surface area (Å²) in [5.41, 5.74) is 18.0. The maximum Gasteiger partial charge on any atom is 0.326 e. The van der Waals surface area contributed by atoms with Crippen LogP contribution >= 0.6 is 0 Å². The van der Waals surface area contributed by atoms with Crippen LogP contribution in [0.25, 0.3) is 0 Å². The Morgan fingerprint density at radius 1 is 0.975 bits per heavy atom. The second-order valence-electron chi connectivity index (χ2n) is 9.72. The van der Waals surface area contributed by atoms with Crippen molar-refractivity contribution >= 4 is 29.7 Å². The summed E-state index contributed by atoms with van der Waals surface area (Å²) in [6.07, 6.45) is 3.70. The van der Waals surface area contributed by atoms with Crippen LogP contribution in [0.15, 0.2) is 47.8 Å². The minimum Gasteiger partial charge on any atom is -0.480 e. The molecule has 1 aromatic carbocycles. The first-order valence-corrected chi connectivity index (χ1v) is 12.9. The number of nitrogens with one attached hydrogen (secondary N) is 4. The number of aliphatic imine (C=N–C) groups is 1. The smallest absolute Gasteiger partial charge is 0.326 e. The van der Waals surface area contributed by atoms with Gasteiger partial charge in [-0.1, -0.05) is 44.2 Å². The molecule has 2 rings (SSSR count). The summed E-state index contributed by atoms with van der Waals surface area (Å²) in [5.74, 6) is -3.52. The van der Waals surface area contributed by atoms with E-state index < -0.39 is 47.9 Å². The Morgan fingerprint density at radius 2 is 1.65 bits per heavy atom. The van der Waals surface area contributed by atoms with Gasteiger partial charge in [-0.2, -0.15) is 0 Å². The van der Waals surface area contributed by atoms with Crippen LogP contribution < -0.4 is 33.2 Å². The molecule has 4 atom stereocenters. The number of H-pyrrole nitrogens is 1. The van der Waals surface area contributed by atoms with Crippen molar-refractivity contribution in [2.45, 2.75) is 63.7 Å². The SMILES string of the molecule is CC(C)C(NC(=O)C(N)Cc1cnc[nH]1)C(=O)NC(Cc1ccccc1)C(=O)NC(CCCN=C(N)N)C(=O)O. The van der Waals surface area contributed by atoms with Crippen molar-refractivity contribution in [1.82, 2.24) is 25.9 Å². The molecule has 1 heterocycles. The number of aromatic nitrogens is 2. The number of carboxylic acids is 1. The normalized spacial score (nSPS) is 13.9. The molecule has 3 amide bonds. The quantitative estimate of drug-likeness (QED) is 0.0698. The number of amides is 3. The van der Waals surface area contributed by atoms with Crippen molar-refractivity contribution in [1.29, 1.82) is 0 Å². The minimum atomic E-state index is -1.23. The molecule has 40 heavy (non-hydrogen) atoms. The summed E-state index contributed by atoms with van der Waals surface area (Å²) in [7, 11) is 0. The van der Waals surface area contributed by atoms with Gasteiger partial charge < -0.3 is 43.2 Å². The predicted octanol–water partition coefficient (Wildman–Crippen LogP) is -1.23. The van der Waals surface area contributed by atoms with E-state index in [9.17, 15) is 24.3 Å². The van der Waals surface area contributed by atoms with Crippen LogP contribution in [0.2, 0.25) is 0 Å². The van der Waals surface area contributed by atoms with Gasteiger partial charge in [-0.3, -0.25) is 19.4 Å². The first-order chi connectivity index (χ1) is 19.0. The Morgan fingerprint density at radius 3 is 2.23 bits per heavy atom. The largest absolute Gasteiger partial charge is 0.480 e. The Bertz CT molecular complexity index is 1130. The van der Waals surface area contributed by atoms with E-state index >= 15 is 0 Å². The lowest BCUT2D eigenvalue weighted by molar-refractivity contribution is -0.142. The predicted molar refractivity (Wildman–Crippen MR) is 149 cm³/mol. The van der Waals surface area contributed by atoms with Crippen LogP contribution in [0.5, 0.6) is 0 Å². The van der Waals surface area contributed by atoms with Gasteiger partial charge in [-0.05, 0) is 24.3 Å². The van der Waals surface area contributed by atoms with Crippen LogP contribution in [-0.4, -0.2) is 75.4 Å². The molecule has 0 radical (unpaired) electrons. The number of aliphatic carboxylic acids is 1. The molecule has 11 N–H and O–H groups in total. The molecule has 14 heteroatoms. The third-order valence-electron chi connectivity index (χ3n) is 6.05. The molecular formula is C26H39N9O5. The number of guanidine groups is 1. The van der Waals surface area contributed by atoms with Crippen molar-refractivity contribution in [3.8, 4) is 0 Å². The Kier molecular flexibility index (Phi) is 12.6. The molecule has 0 fully saturated rings. The zero-order chi connectivity index (χ0) is 29.7. The van der Waals surface area contributed by atoms with Gasteiger partial charge in [0.25, 0.3) is 0 Å². The highest BCUT2D eigenvalue weighted by atomic mass is 16.4. The molecule has 0 aliphatic carbocycles. The van der Waals surface area contributed by atoms with Gasteiger partial charge in [0.05, 0.1) is 12.4 Å². The molecule has 1 aromatic heterocycles. The van der Waals surface area contributed by atoms with Gasteiger partial charge in [-0.25, -0.2) is 9.78 Å². The average molecular weight is 558 g/mol. The highest BCUT2D eigenvalue weighted by Crippen LogP contribution is 2.09. The standard InChI is InChI=1S/C26H39N9O5/c1-15(2)21(35-22(36)18(27)12-17-13-30-14-32-17)24(38)34-20(11-16-7-4-3-5-8-16)23(37)33-19(25(39)40)9-6-10-31-26(28)29/h3-5,7-8,13-15,18-21H,6,9-12,27H2,1-2H3,(H,30,32)(H,33,37)(H,34,38)(H,35,36)(H,39,40)(H4,28,29,31). The third kappa shape index (κ3) is 10.7. The van der Waals surface area contributed by atoms with E-state index in [4.69, 9.17) is 17.2 Å². The van der Waals surface area contributed by atoms with Gasteiger partial charge in [0.2, 0.25) is 17.7 Å². The summed E-state index contributed by atoms with van der Waals surface area (Å²) in [4.78, 5) is 61.8. The number of rotatable bonds is 16. The van der Waals surface area contributed by atoms with Crippen LogP contribution in [0.1, 0.15) is 37.9 Å². The molecule has 0 bridgehead atoms. The molecule has 0 aliphatic heterocycles. The monoisotopic (exact) mass is 557 g/mol. The van der Waals surface area contributed by atoms with E-state index in [-0.39, 0.29) is 37.7 Å². The van der Waals surface area contributed by atoms with Crippen molar-refractivity contribution in [3.05, 3.63) is 54.1 Å². The summed E-state index contributed by atoms with van der Waals surface area (Å²) in [6.45, 7) is 3.69. The first kappa shape index (κ1) is 31.8. The van der Waals surface area contributed by atoms with Crippen LogP contribution in [-0.2, 0) is 32.0 Å². The molecule has 2 aromatic rings. The van der Waals surface area contributed by atoms with E-state index in [2.05, 4.69) is 30.9 Å². The lowest BCUT2D eigenvalue weighted by Crippen LogP contribution is -2.59. The molecular weight excluding hydrogens is 518 g/mol. The Hall–Kier alpha value is -4.46. The topological polar surface area (TPSA) is 244 Å². The number of nitrogens with two attached hydrogens (primary N) is 3. The van der Waals surface area contributed by atoms with Crippen molar-refractivity contribution < 1.29 is 24.3 Å². The zero-order valence-corrected chi connectivity index (χ0v) is 22.7. The van der Waals surface area contributed by atoms with E-state index in [0.29, 0.717) is 12.1 Å². The van der Waals surface area contributed by atoms with Gasteiger partial charge in [0.1, 0.15) is 18.1 Å². The van der Waals surface area contributed by atoms with Crippen molar-refractivity contribution in [3.63, 3.8) is 0 Å². The number of carbonyl (C=O) groups excluding carboxylic acids is 3. The van der Waals surface area contributed by atoms with E-state index in [1.165, 1.54) is 6.33 Å². The van der Waals surface area contributed by atoms with Crippen LogP contribution in [0.3, 0.4) is 0 Å². The van der Waals surface area contributed by atoms with Crippen molar-refractivity contribution in [2.24, 2.45) is 28.1 Å². The molecule has 4 unspecified atom stereocenters. The fraction of sp³-hybridized carbons (Fsp3) is 0.462. The second-order valence-corrected chi connectivity index (χ2v) is 9.72. The number of carbonyl (C=O) groups is 4. The third-order valence-corrected chi connectivity index (χ3v) is 6.05. The maximum absolute atomic E-state index is 13.3. The minimum absolute atomic E-state index is 0.0722. The van der Waals surface area contributed by atoms with Crippen molar-refractivity contribution in [2.75, 3.05) is 6.54 Å². The number of imidazole rings is 1. The molecule has 0 saturated carbocycles. The van der Waals surface area contributed by atoms with E-state index in [1.807, 2.05) is 6.07 Å². The molecule has 0 aliphatic rings. The lowest BCUT2D eigenvalue weighted by Gasteiger charge is -2.27. The highest BCUT2D eigenvalue weighted by Gasteiger charge is 2.32. The first-order valence-electron chi connectivity index (χ1n) is 12.9. The number of benzene rings is 1. The average Bonchev–Trinajstić information content (AvgIpc) is 3.41. The van der Waals surface area contributed by atoms with Gasteiger partial charge in [0, 0.05) is 31.3 Å². The van der Waals surface area contributed by atoms with Gasteiger partial charge in [0.15, 0.2) is 5.96 Å². The summed E-state index contributed by atoms with van der Waals surface area (Å²) in [6, 6.07) is 4.67. The van der Waals surface area contributed by atoms with Crippen LogP contribution in [0, 0.1) is 5.92 Å². The van der Waals surface area contributed by atoms with Crippen LogP contribution in [0.4, 0.5) is 0 Å². The summed E-state index contributed by atoms with van der Waals surface area (Å²) >= 11 is 0. The molecule has 0 saturated heterocycles. The second kappa shape index (κ2) is 15.8. The number of aromatic amines is 1. The molecule has 14 nitrogen and oxygen atoms in total. The zero-order valence-electron chi connectivity index (χ0n) is 22.7. The maximum atomic E-state index is 13.3. The lowest BCUT2D eigenvalue weighted by atomic mass is 10.00. The number of nitrogens with zero attached hydrogens (tertiary/aromatic N) is 2. The Balaban J connectivity index is 2.15. The fourth-order valence-electron chi connectivity index (χ4n) is 3.88. The molecule has 218 valence electrons. The fourth-order valence-corrected chi connectivity index (χ4v) is 3.88. The van der Waals surface area contributed by atoms with E-state index in [0.717, 1.165) is 5.56 Å². The highest BCUT2D eigenvalue weighted by molar-refractivity contribution is 5.94. The summed E-state index contributed by atoms with van der Waals surface area (Å²) in [5, 5.41) is 17.5. The number of hydrogen-bond donors (Lipinski definition) is 8. The molecule has 0 spiro atoms. The van der Waals surface area contributed by atoms with Gasteiger partial charge >= 0.3 is 5.97 Å². The summed E-state index contributed by atoms with van der Waals surface area (Å²) < 4.78 is 0. The Labute approximate surface area is 232 Å². The van der Waals surface area contributed by atoms with Gasteiger partial charge in [-0.15, -0.1) is 0 Å². The number of carboxylic acid groups (broad SMARTS) is 1.